The fourth-order valence-electron chi connectivity index (χ4n) is 4.04. The van der Waals surface area contributed by atoms with Gasteiger partial charge >= 0.3 is 5.97 Å². The van der Waals surface area contributed by atoms with Gasteiger partial charge in [-0.05, 0) is 54.5 Å². The maximum absolute atomic E-state index is 14.8. The first-order chi connectivity index (χ1) is 21.6. The number of carbonyl (C=O) groups excluding carboxylic acids is 3. The number of hydrogen-bond acceptors (Lipinski definition) is 7. The SMILES string of the molecule is C=N/N=C\N(N)c1ccc(Cl)cc1/C=C/C(=O)N[C@@H](Cc1ccccc1)C(=O)Nc1ccc(C(=O)NCCCC(=O)O)c(F)c1. The lowest BCUT2D eigenvalue weighted by Crippen LogP contribution is -2.44. The topological polar surface area (TPSA) is 179 Å². The Morgan fingerprint density at radius 2 is 1.84 bits per heavy atom. The molecule has 0 saturated carbocycles. The fourth-order valence-corrected chi connectivity index (χ4v) is 4.22. The van der Waals surface area contributed by atoms with E-state index in [1.54, 1.807) is 42.5 Å². The zero-order valence-corrected chi connectivity index (χ0v) is 24.7. The number of nitrogens with zero attached hydrogens (tertiary/aromatic N) is 3. The van der Waals surface area contributed by atoms with Gasteiger partial charge in [-0.2, -0.15) is 5.10 Å². The number of halogens is 2. The summed E-state index contributed by atoms with van der Waals surface area (Å²) in [5.74, 6) is 2.13. The minimum atomic E-state index is -1.07. The summed E-state index contributed by atoms with van der Waals surface area (Å²) in [7, 11) is 0. The van der Waals surface area contributed by atoms with Gasteiger partial charge in [-0.15, -0.1) is 5.10 Å². The van der Waals surface area contributed by atoms with Crippen LogP contribution in [0.25, 0.3) is 6.08 Å². The van der Waals surface area contributed by atoms with Crippen LogP contribution >= 0.6 is 11.6 Å². The molecular weight excluding hydrogens is 605 g/mol. The number of nitrogens with two attached hydrogens (primary N) is 1. The second kappa shape index (κ2) is 17.0. The summed E-state index contributed by atoms with van der Waals surface area (Å²) in [6.07, 6.45) is 4.06. The van der Waals surface area contributed by atoms with E-state index in [2.05, 4.69) is 32.9 Å². The molecule has 234 valence electrons. The molecule has 0 fully saturated rings. The van der Waals surface area contributed by atoms with Crippen molar-refractivity contribution < 1.29 is 28.7 Å². The number of aliphatic carboxylic acids is 1. The van der Waals surface area contributed by atoms with Gasteiger partial charge in [0.05, 0.1) is 11.3 Å². The number of carboxylic acids is 1. The Bertz CT molecular complexity index is 1600. The summed E-state index contributed by atoms with van der Waals surface area (Å²) >= 11 is 6.13. The van der Waals surface area contributed by atoms with E-state index in [0.717, 1.165) is 11.6 Å². The van der Waals surface area contributed by atoms with Crippen molar-refractivity contribution in [2.24, 2.45) is 16.0 Å². The monoisotopic (exact) mass is 635 g/mol. The Kier molecular flexibility index (Phi) is 12.9. The molecule has 0 radical (unpaired) electrons. The second-order valence-corrected chi connectivity index (χ2v) is 9.94. The van der Waals surface area contributed by atoms with Crippen LogP contribution in [0.3, 0.4) is 0 Å². The van der Waals surface area contributed by atoms with Crippen LogP contribution in [0.1, 0.15) is 34.3 Å². The zero-order valence-electron chi connectivity index (χ0n) is 24.0. The third-order valence-corrected chi connectivity index (χ3v) is 6.42. The Hall–Kier alpha value is -5.40. The van der Waals surface area contributed by atoms with Crippen molar-refractivity contribution in [2.75, 3.05) is 16.9 Å². The highest BCUT2D eigenvalue weighted by molar-refractivity contribution is 6.30. The molecule has 1 atom stereocenters. The molecule has 6 N–H and O–H groups in total. The number of carboxylic acid groups (broad SMARTS) is 1. The molecule has 0 spiro atoms. The van der Waals surface area contributed by atoms with Crippen LogP contribution in [0.4, 0.5) is 15.8 Å². The highest BCUT2D eigenvalue weighted by atomic mass is 35.5. The molecule has 3 rings (SSSR count). The molecule has 0 bridgehead atoms. The summed E-state index contributed by atoms with van der Waals surface area (Å²) < 4.78 is 14.8. The van der Waals surface area contributed by atoms with E-state index in [-0.39, 0.29) is 37.1 Å². The second-order valence-electron chi connectivity index (χ2n) is 9.50. The van der Waals surface area contributed by atoms with Crippen LogP contribution in [0.5, 0.6) is 0 Å². The number of hydrazine groups is 1. The number of rotatable bonds is 15. The van der Waals surface area contributed by atoms with E-state index in [0.29, 0.717) is 16.3 Å². The average Bonchev–Trinajstić information content (AvgIpc) is 3.01. The van der Waals surface area contributed by atoms with E-state index in [1.165, 1.54) is 35.6 Å². The lowest BCUT2D eigenvalue weighted by Gasteiger charge is -2.18. The Morgan fingerprint density at radius 3 is 2.53 bits per heavy atom. The summed E-state index contributed by atoms with van der Waals surface area (Å²) in [4.78, 5) is 49.2. The number of anilines is 2. The van der Waals surface area contributed by atoms with Crippen molar-refractivity contribution in [3.05, 3.63) is 100 Å². The van der Waals surface area contributed by atoms with Crippen LogP contribution in [0.15, 0.2) is 83.0 Å². The van der Waals surface area contributed by atoms with E-state index in [4.69, 9.17) is 22.6 Å². The molecule has 14 heteroatoms. The van der Waals surface area contributed by atoms with Crippen molar-refractivity contribution in [1.82, 2.24) is 10.6 Å². The summed E-state index contributed by atoms with van der Waals surface area (Å²) in [5.41, 5.74) is 1.47. The number of hydrogen-bond donors (Lipinski definition) is 5. The van der Waals surface area contributed by atoms with Gasteiger partial charge in [-0.1, -0.05) is 41.9 Å². The van der Waals surface area contributed by atoms with Gasteiger partial charge < -0.3 is 21.1 Å². The van der Waals surface area contributed by atoms with Gasteiger partial charge in [-0.25, -0.2) is 10.2 Å². The van der Waals surface area contributed by atoms with Crippen molar-refractivity contribution in [3.63, 3.8) is 0 Å². The van der Waals surface area contributed by atoms with Crippen molar-refractivity contribution in [3.8, 4) is 0 Å². The first-order valence-electron chi connectivity index (χ1n) is 13.5. The standard InChI is InChI=1S/C31H31ClFN7O5/c1-35-37-19-40(34)27-13-10-22(32)17-21(27)9-14-28(41)39-26(16-20-6-3-2-4-7-20)31(45)38-23-11-12-24(25(33)18-23)30(44)36-15-5-8-29(42)43/h2-4,6-7,9-14,17-19,26H,1,5,8,15-16,34H2,(H,36,44)(H,38,45)(H,39,41)(H,42,43)/b14-9+,37-19-/t26-/m0/s1. The van der Waals surface area contributed by atoms with Gasteiger partial charge in [0.15, 0.2) is 0 Å². The maximum atomic E-state index is 14.8. The molecule has 12 nitrogen and oxygen atoms in total. The van der Waals surface area contributed by atoms with Crippen molar-refractivity contribution in [1.29, 1.82) is 0 Å². The molecule has 45 heavy (non-hydrogen) atoms. The van der Waals surface area contributed by atoms with Crippen LogP contribution in [0, 0.1) is 5.82 Å². The van der Waals surface area contributed by atoms with Crippen LogP contribution in [0.2, 0.25) is 5.02 Å². The van der Waals surface area contributed by atoms with Crippen molar-refractivity contribution >= 4 is 65.8 Å². The normalized spacial score (nSPS) is 11.6. The summed E-state index contributed by atoms with van der Waals surface area (Å²) in [6.45, 7) is 3.31. The number of amides is 3. The Morgan fingerprint density at radius 1 is 1.09 bits per heavy atom. The molecule has 0 heterocycles. The molecule has 0 unspecified atom stereocenters. The largest absolute Gasteiger partial charge is 0.481 e. The fraction of sp³-hybridized carbons (Fsp3) is 0.161. The number of carbonyl (C=O) groups is 4. The third kappa shape index (κ3) is 11.0. The molecule has 3 aromatic rings. The quantitative estimate of drug-likeness (QED) is 0.0421. The van der Waals surface area contributed by atoms with Gasteiger partial charge in [0.1, 0.15) is 18.2 Å². The Balaban J connectivity index is 1.75. The molecular formula is C31H31ClFN7O5. The smallest absolute Gasteiger partial charge is 0.303 e. The Labute approximate surface area is 263 Å². The van der Waals surface area contributed by atoms with Gasteiger partial charge in [0, 0.05) is 48.5 Å². The molecule has 0 aliphatic rings. The van der Waals surface area contributed by atoms with Crippen LogP contribution < -0.4 is 26.8 Å². The minimum absolute atomic E-state index is 0.0581. The number of benzene rings is 3. The average molecular weight is 636 g/mol. The van der Waals surface area contributed by atoms with Gasteiger partial charge in [0.25, 0.3) is 5.91 Å². The minimum Gasteiger partial charge on any atom is -0.481 e. The lowest BCUT2D eigenvalue weighted by molar-refractivity contribution is -0.137. The van der Waals surface area contributed by atoms with Crippen LogP contribution in [-0.2, 0) is 20.8 Å². The van der Waals surface area contributed by atoms with Gasteiger partial charge in [0.2, 0.25) is 11.8 Å². The molecule has 0 saturated heterocycles. The summed E-state index contributed by atoms with van der Waals surface area (Å²) in [5, 5.41) is 25.0. The van der Waals surface area contributed by atoms with Gasteiger partial charge in [-0.3, -0.25) is 24.2 Å². The predicted octanol–water partition coefficient (Wildman–Crippen LogP) is 3.78. The first kappa shape index (κ1) is 34.1. The zero-order chi connectivity index (χ0) is 32.8. The molecule has 0 aliphatic carbocycles. The predicted molar refractivity (Wildman–Crippen MR) is 172 cm³/mol. The maximum Gasteiger partial charge on any atom is 0.303 e. The molecule has 0 aromatic heterocycles. The molecule has 3 amide bonds. The van der Waals surface area contributed by atoms with E-state index in [1.807, 2.05) is 6.07 Å². The summed E-state index contributed by atoms with van der Waals surface area (Å²) in [6, 6.07) is 16.2. The number of nitrogens with one attached hydrogen (secondary N) is 3. The van der Waals surface area contributed by atoms with Crippen molar-refractivity contribution in [2.45, 2.75) is 25.3 Å². The lowest BCUT2D eigenvalue weighted by atomic mass is 10.0. The first-order valence-corrected chi connectivity index (χ1v) is 13.9. The highest BCUT2D eigenvalue weighted by Gasteiger charge is 2.22. The van der Waals surface area contributed by atoms with Crippen LogP contribution in [-0.4, -0.2) is 54.4 Å². The van der Waals surface area contributed by atoms with E-state index in [9.17, 15) is 23.6 Å². The molecule has 3 aromatic carbocycles. The van der Waals surface area contributed by atoms with E-state index < -0.39 is 35.5 Å². The highest BCUT2D eigenvalue weighted by Crippen LogP contribution is 2.24. The molecule has 0 aliphatic heterocycles. The third-order valence-electron chi connectivity index (χ3n) is 6.19. The van der Waals surface area contributed by atoms with E-state index >= 15 is 0 Å².